The summed E-state index contributed by atoms with van der Waals surface area (Å²) >= 11 is 0. The van der Waals surface area contributed by atoms with E-state index < -0.39 is 6.10 Å². The third-order valence-corrected chi connectivity index (χ3v) is 3.54. The van der Waals surface area contributed by atoms with E-state index in [1.54, 1.807) is 12.1 Å². The molecule has 0 saturated heterocycles. The van der Waals surface area contributed by atoms with E-state index in [0.717, 1.165) is 36.9 Å². The maximum absolute atomic E-state index is 10.1. The molecule has 0 spiro atoms. The third-order valence-electron chi connectivity index (χ3n) is 3.54. The summed E-state index contributed by atoms with van der Waals surface area (Å²) < 4.78 is 5.59. The fourth-order valence-corrected chi connectivity index (χ4v) is 2.35. The SMILES string of the molecule is CCCN(CC(O)COc1ccc(N)cc1)CC1CC1. The highest BCUT2D eigenvalue weighted by Gasteiger charge is 2.24. The summed E-state index contributed by atoms with van der Waals surface area (Å²) in [4.78, 5) is 2.36. The van der Waals surface area contributed by atoms with Crippen molar-refractivity contribution < 1.29 is 9.84 Å². The Morgan fingerprint density at radius 1 is 1.35 bits per heavy atom. The van der Waals surface area contributed by atoms with Crippen molar-refractivity contribution in [2.24, 2.45) is 5.92 Å². The number of hydrogen-bond acceptors (Lipinski definition) is 4. The normalized spacial score (nSPS) is 16.4. The first-order valence-corrected chi connectivity index (χ1v) is 7.56. The lowest BCUT2D eigenvalue weighted by molar-refractivity contribution is 0.0666. The van der Waals surface area contributed by atoms with Crippen LogP contribution in [0.25, 0.3) is 0 Å². The molecule has 0 heterocycles. The molecule has 1 unspecified atom stereocenters. The zero-order valence-electron chi connectivity index (χ0n) is 12.3. The molecule has 1 fully saturated rings. The Labute approximate surface area is 121 Å². The van der Waals surface area contributed by atoms with Crippen LogP contribution in [-0.4, -0.2) is 42.4 Å². The molecule has 4 heteroatoms. The van der Waals surface area contributed by atoms with Gasteiger partial charge in [-0.3, -0.25) is 0 Å². The van der Waals surface area contributed by atoms with Crippen LogP contribution in [-0.2, 0) is 0 Å². The number of rotatable bonds is 9. The van der Waals surface area contributed by atoms with Crippen molar-refractivity contribution in [3.8, 4) is 5.75 Å². The van der Waals surface area contributed by atoms with Gasteiger partial charge in [-0.1, -0.05) is 6.92 Å². The lowest BCUT2D eigenvalue weighted by atomic mass is 10.2. The van der Waals surface area contributed by atoms with Gasteiger partial charge in [0.25, 0.3) is 0 Å². The monoisotopic (exact) mass is 278 g/mol. The standard InChI is InChI=1S/C16H26N2O2/c1-2-9-18(10-13-3-4-13)11-15(19)12-20-16-7-5-14(17)6-8-16/h5-8,13,15,19H,2-4,9-12,17H2,1H3. The molecular weight excluding hydrogens is 252 g/mol. The predicted molar refractivity (Wildman–Crippen MR) is 81.8 cm³/mol. The quantitative estimate of drug-likeness (QED) is 0.679. The maximum Gasteiger partial charge on any atom is 0.119 e. The van der Waals surface area contributed by atoms with Gasteiger partial charge in [0.1, 0.15) is 18.5 Å². The van der Waals surface area contributed by atoms with Crippen LogP contribution in [0.4, 0.5) is 5.69 Å². The first-order chi connectivity index (χ1) is 9.67. The Morgan fingerprint density at radius 2 is 2.05 bits per heavy atom. The van der Waals surface area contributed by atoms with Crippen molar-refractivity contribution in [3.05, 3.63) is 24.3 Å². The number of aliphatic hydroxyl groups is 1. The molecular formula is C16H26N2O2. The summed E-state index contributed by atoms with van der Waals surface area (Å²) in [5.41, 5.74) is 6.34. The van der Waals surface area contributed by atoms with Crippen LogP contribution in [0.5, 0.6) is 5.75 Å². The Hall–Kier alpha value is -1.26. The van der Waals surface area contributed by atoms with E-state index in [1.165, 1.54) is 12.8 Å². The molecule has 1 aromatic rings. The maximum atomic E-state index is 10.1. The van der Waals surface area contributed by atoms with Crippen LogP contribution >= 0.6 is 0 Å². The highest BCUT2D eigenvalue weighted by molar-refractivity contribution is 5.41. The Kier molecular flexibility index (Phi) is 5.68. The largest absolute Gasteiger partial charge is 0.491 e. The second-order valence-electron chi connectivity index (χ2n) is 5.74. The minimum absolute atomic E-state index is 0.328. The van der Waals surface area contributed by atoms with E-state index in [0.29, 0.717) is 13.2 Å². The molecule has 1 aliphatic rings. The van der Waals surface area contributed by atoms with Gasteiger partial charge in [0, 0.05) is 18.8 Å². The van der Waals surface area contributed by atoms with Gasteiger partial charge >= 0.3 is 0 Å². The van der Waals surface area contributed by atoms with E-state index in [1.807, 2.05) is 12.1 Å². The molecule has 20 heavy (non-hydrogen) atoms. The molecule has 0 aliphatic heterocycles. The molecule has 112 valence electrons. The van der Waals surface area contributed by atoms with Gasteiger partial charge in [-0.05, 0) is 56.0 Å². The molecule has 4 nitrogen and oxygen atoms in total. The van der Waals surface area contributed by atoms with Crippen molar-refractivity contribution in [2.75, 3.05) is 32.0 Å². The number of anilines is 1. The highest BCUT2D eigenvalue weighted by Crippen LogP contribution is 2.29. The van der Waals surface area contributed by atoms with E-state index in [-0.39, 0.29) is 0 Å². The Balaban J connectivity index is 1.72. The molecule has 0 radical (unpaired) electrons. The summed E-state index contributed by atoms with van der Waals surface area (Å²) in [7, 11) is 0. The molecule has 3 N–H and O–H groups in total. The van der Waals surface area contributed by atoms with Crippen molar-refractivity contribution in [1.29, 1.82) is 0 Å². The zero-order valence-corrected chi connectivity index (χ0v) is 12.3. The van der Waals surface area contributed by atoms with Gasteiger partial charge in [0.2, 0.25) is 0 Å². The Bertz CT molecular complexity index is 390. The third kappa shape index (κ3) is 5.39. The van der Waals surface area contributed by atoms with Crippen molar-refractivity contribution in [2.45, 2.75) is 32.3 Å². The smallest absolute Gasteiger partial charge is 0.119 e. The van der Waals surface area contributed by atoms with Gasteiger partial charge < -0.3 is 20.5 Å². The minimum Gasteiger partial charge on any atom is -0.491 e. The summed E-state index contributed by atoms with van der Waals surface area (Å²) in [5.74, 6) is 1.61. The summed E-state index contributed by atoms with van der Waals surface area (Å²) in [6.07, 6.45) is 3.37. The van der Waals surface area contributed by atoms with E-state index in [4.69, 9.17) is 10.5 Å². The lowest BCUT2D eigenvalue weighted by Crippen LogP contribution is -2.37. The number of nitrogens with zero attached hydrogens (tertiary/aromatic N) is 1. The number of hydrogen-bond donors (Lipinski definition) is 2. The van der Waals surface area contributed by atoms with Crippen LogP contribution in [0, 0.1) is 5.92 Å². The molecule has 0 bridgehead atoms. The van der Waals surface area contributed by atoms with Gasteiger partial charge in [-0.2, -0.15) is 0 Å². The van der Waals surface area contributed by atoms with Crippen LogP contribution in [0.2, 0.25) is 0 Å². The molecule has 1 aliphatic carbocycles. The summed E-state index contributed by atoms with van der Waals surface area (Å²) in [5, 5.41) is 10.1. The number of aliphatic hydroxyl groups excluding tert-OH is 1. The topological polar surface area (TPSA) is 58.7 Å². The first kappa shape index (κ1) is 15.1. The highest BCUT2D eigenvalue weighted by atomic mass is 16.5. The van der Waals surface area contributed by atoms with E-state index in [2.05, 4.69) is 11.8 Å². The molecule has 1 atom stereocenters. The fourth-order valence-electron chi connectivity index (χ4n) is 2.35. The molecule has 1 saturated carbocycles. The van der Waals surface area contributed by atoms with Crippen LogP contribution in [0.15, 0.2) is 24.3 Å². The lowest BCUT2D eigenvalue weighted by Gasteiger charge is -2.24. The average molecular weight is 278 g/mol. The second kappa shape index (κ2) is 7.50. The van der Waals surface area contributed by atoms with Crippen molar-refractivity contribution >= 4 is 5.69 Å². The zero-order chi connectivity index (χ0) is 14.4. The number of nitrogen functional groups attached to an aromatic ring is 1. The van der Waals surface area contributed by atoms with Crippen molar-refractivity contribution in [3.63, 3.8) is 0 Å². The average Bonchev–Trinajstić information content (AvgIpc) is 3.22. The molecule has 0 aromatic heterocycles. The van der Waals surface area contributed by atoms with Crippen molar-refractivity contribution in [1.82, 2.24) is 4.90 Å². The summed E-state index contributed by atoms with van der Waals surface area (Å²) in [6.45, 7) is 5.37. The molecule has 1 aromatic carbocycles. The number of benzene rings is 1. The predicted octanol–water partition coefficient (Wildman–Crippen LogP) is 2.13. The van der Waals surface area contributed by atoms with E-state index >= 15 is 0 Å². The van der Waals surface area contributed by atoms with Gasteiger partial charge in [0.05, 0.1) is 0 Å². The van der Waals surface area contributed by atoms with E-state index in [9.17, 15) is 5.11 Å². The number of ether oxygens (including phenoxy) is 1. The molecule has 0 amide bonds. The van der Waals surface area contributed by atoms with Crippen LogP contribution in [0.1, 0.15) is 26.2 Å². The fraction of sp³-hybridized carbons (Fsp3) is 0.625. The second-order valence-corrected chi connectivity index (χ2v) is 5.74. The minimum atomic E-state index is -0.446. The van der Waals surface area contributed by atoms with Crippen LogP contribution < -0.4 is 10.5 Å². The van der Waals surface area contributed by atoms with Gasteiger partial charge in [-0.25, -0.2) is 0 Å². The van der Waals surface area contributed by atoms with Gasteiger partial charge in [0.15, 0.2) is 0 Å². The first-order valence-electron chi connectivity index (χ1n) is 7.56. The van der Waals surface area contributed by atoms with Crippen LogP contribution in [0.3, 0.4) is 0 Å². The van der Waals surface area contributed by atoms with Gasteiger partial charge in [-0.15, -0.1) is 0 Å². The summed E-state index contributed by atoms with van der Waals surface area (Å²) in [6, 6.07) is 7.27. The molecule has 2 rings (SSSR count). The Morgan fingerprint density at radius 3 is 2.65 bits per heavy atom. The number of nitrogens with two attached hydrogens (primary N) is 1.